The van der Waals surface area contributed by atoms with Crippen LogP contribution in [-0.4, -0.2) is 27.5 Å². The SMILES string of the molecule is CC(C)c1ccc(Oc2ncnc(N3CC4(C)CC3CC(C)(C)C4)c2[N+](=O)[O-])cc1. The molecule has 1 saturated carbocycles. The first-order chi connectivity index (χ1) is 14.1. The van der Waals surface area contributed by atoms with Crippen molar-refractivity contribution in [3.63, 3.8) is 0 Å². The normalized spacial score (nSPS) is 24.9. The molecule has 2 aromatic rings. The van der Waals surface area contributed by atoms with Crippen LogP contribution in [0.2, 0.25) is 0 Å². The second-order valence-corrected chi connectivity index (χ2v) is 10.3. The molecule has 7 heteroatoms. The monoisotopic (exact) mass is 410 g/mol. The van der Waals surface area contributed by atoms with Crippen molar-refractivity contribution in [1.29, 1.82) is 0 Å². The minimum atomic E-state index is -0.414. The molecule has 0 radical (unpaired) electrons. The number of rotatable bonds is 5. The van der Waals surface area contributed by atoms with Gasteiger partial charge in [0.15, 0.2) is 0 Å². The van der Waals surface area contributed by atoms with E-state index < -0.39 is 4.92 Å². The van der Waals surface area contributed by atoms with E-state index in [-0.39, 0.29) is 28.4 Å². The highest BCUT2D eigenvalue weighted by molar-refractivity contribution is 5.64. The van der Waals surface area contributed by atoms with Gasteiger partial charge in [0.25, 0.3) is 0 Å². The van der Waals surface area contributed by atoms with Gasteiger partial charge in [-0.3, -0.25) is 10.1 Å². The highest BCUT2D eigenvalue weighted by Gasteiger charge is 2.51. The molecule has 0 spiro atoms. The third-order valence-corrected chi connectivity index (χ3v) is 6.40. The van der Waals surface area contributed by atoms with E-state index in [0.29, 0.717) is 17.5 Å². The summed E-state index contributed by atoms with van der Waals surface area (Å²) in [4.78, 5) is 22.2. The fourth-order valence-electron chi connectivity index (χ4n) is 5.54. The van der Waals surface area contributed by atoms with Crippen LogP contribution < -0.4 is 9.64 Å². The van der Waals surface area contributed by atoms with Gasteiger partial charge in [-0.2, -0.15) is 4.98 Å². The lowest BCUT2D eigenvalue weighted by molar-refractivity contribution is -0.385. The molecule has 1 aliphatic carbocycles. The summed E-state index contributed by atoms with van der Waals surface area (Å²) in [7, 11) is 0. The van der Waals surface area contributed by atoms with Gasteiger partial charge in [0.05, 0.1) is 4.92 Å². The van der Waals surface area contributed by atoms with E-state index in [2.05, 4.69) is 49.5 Å². The van der Waals surface area contributed by atoms with E-state index in [9.17, 15) is 10.1 Å². The molecule has 1 aliphatic heterocycles. The molecule has 160 valence electrons. The van der Waals surface area contributed by atoms with Crippen molar-refractivity contribution in [2.75, 3.05) is 11.4 Å². The van der Waals surface area contributed by atoms with Crippen LogP contribution in [0.15, 0.2) is 30.6 Å². The van der Waals surface area contributed by atoms with Gasteiger partial charge in [0.2, 0.25) is 5.82 Å². The molecule has 2 fully saturated rings. The van der Waals surface area contributed by atoms with E-state index in [0.717, 1.165) is 25.8 Å². The van der Waals surface area contributed by atoms with E-state index in [1.54, 1.807) is 0 Å². The largest absolute Gasteiger partial charge is 0.434 e. The average molecular weight is 411 g/mol. The first kappa shape index (κ1) is 20.6. The Bertz CT molecular complexity index is 957. The fourth-order valence-corrected chi connectivity index (χ4v) is 5.54. The zero-order chi connectivity index (χ0) is 21.7. The Balaban J connectivity index is 1.68. The number of anilines is 1. The molecule has 2 heterocycles. The van der Waals surface area contributed by atoms with Crippen molar-refractivity contribution in [2.45, 2.75) is 65.8 Å². The van der Waals surface area contributed by atoms with Crippen LogP contribution in [0.1, 0.15) is 65.4 Å². The number of benzene rings is 1. The van der Waals surface area contributed by atoms with Crippen LogP contribution in [-0.2, 0) is 0 Å². The summed E-state index contributed by atoms with van der Waals surface area (Å²) >= 11 is 0. The van der Waals surface area contributed by atoms with Crippen molar-refractivity contribution < 1.29 is 9.66 Å². The van der Waals surface area contributed by atoms with E-state index in [1.807, 2.05) is 24.3 Å². The molecule has 2 unspecified atom stereocenters. The molecular weight excluding hydrogens is 380 g/mol. The number of ether oxygens (including phenoxy) is 1. The minimum Gasteiger partial charge on any atom is -0.434 e. The smallest absolute Gasteiger partial charge is 0.373 e. The Morgan fingerprint density at radius 3 is 2.50 bits per heavy atom. The maximum atomic E-state index is 12.1. The molecule has 2 atom stereocenters. The maximum Gasteiger partial charge on any atom is 0.373 e. The Morgan fingerprint density at radius 1 is 1.17 bits per heavy atom. The molecule has 2 bridgehead atoms. The summed E-state index contributed by atoms with van der Waals surface area (Å²) in [6.07, 6.45) is 4.51. The van der Waals surface area contributed by atoms with Crippen molar-refractivity contribution in [3.05, 3.63) is 46.3 Å². The van der Waals surface area contributed by atoms with Gasteiger partial charge in [0, 0.05) is 12.6 Å². The van der Waals surface area contributed by atoms with Gasteiger partial charge in [-0.1, -0.05) is 46.8 Å². The molecule has 4 rings (SSSR count). The topological polar surface area (TPSA) is 81.4 Å². The zero-order valence-electron chi connectivity index (χ0n) is 18.4. The second kappa shape index (κ2) is 7.22. The minimum absolute atomic E-state index is 0.00634. The predicted octanol–water partition coefficient (Wildman–Crippen LogP) is 5.71. The predicted molar refractivity (Wildman–Crippen MR) is 116 cm³/mol. The highest BCUT2D eigenvalue weighted by Crippen LogP contribution is 2.54. The van der Waals surface area contributed by atoms with Crippen LogP contribution in [0.3, 0.4) is 0 Å². The van der Waals surface area contributed by atoms with Gasteiger partial charge in [-0.25, -0.2) is 4.98 Å². The van der Waals surface area contributed by atoms with Crippen molar-refractivity contribution in [2.24, 2.45) is 10.8 Å². The quantitative estimate of drug-likeness (QED) is 0.464. The number of fused-ring (bicyclic) bond motifs is 2. The van der Waals surface area contributed by atoms with Gasteiger partial charge in [-0.15, -0.1) is 0 Å². The molecule has 2 aliphatic rings. The molecular formula is C23H30N4O3. The molecule has 1 aromatic carbocycles. The Morgan fingerprint density at radius 2 is 1.87 bits per heavy atom. The Hall–Kier alpha value is -2.70. The summed E-state index contributed by atoms with van der Waals surface area (Å²) in [5.41, 5.74) is 1.38. The van der Waals surface area contributed by atoms with Crippen molar-refractivity contribution in [3.8, 4) is 11.6 Å². The van der Waals surface area contributed by atoms with E-state index in [4.69, 9.17) is 4.74 Å². The third kappa shape index (κ3) is 3.85. The lowest BCUT2D eigenvalue weighted by Crippen LogP contribution is -2.35. The van der Waals surface area contributed by atoms with Gasteiger partial charge >= 0.3 is 11.6 Å². The van der Waals surface area contributed by atoms with Crippen LogP contribution in [0.4, 0.5) is 11.5 Å². The van der Waals surface area contributed by atoms with E-state index in [1.165, 1.54) is 11.9 Å². The van der Waals surface area contributed by atoms with Gasteiger partial charge < -0.3 is 9.64 Å². The molecule has 0 amide bonds. The summed E-state index contributed by atoms with van der Waals surface area (Å²) in [6, 6.07) is 7.84. The number of nitro groups is 1. The molecule has 0 N–H and O–H groups in total. The summed E-state index contributed by atoms with van der Waals surface area (Å²) in [6.45, 7) is 11.8. The lowest BCUT2D eigenvalue weighted by atomic mass is 9.65. The van der Waals surface area contributed by atoms with Crippen molar-refractivity contribution in [1.82, 2.24) is 9.97 Å². The number of aromatic nitrogens is 2. The molecule has 30 heavy (non-hydrogen) atoms. The van der Waals surface area contributed by atoms with Crippen LogP contribution >= 0.6 is 0 Å². The first-order valence-electron chi connectivity index (χ1n) is 10.6. The zero-order valence-corrected chi connectivity index (χ0v) is 18.4. The number of nitrogens with zero attached hydrogens (tertiary/aromatic N) is 4. The van der Waals surface area contributed by atoms with Crippen LogP contribution in [0, 0.1) is 20.9 Å². The average Bonchev–Trinajstić information content (AvgIpc) is 2.90. The number of hydrogen-bond donors (Lipinski definition) is 0. The third-order valence-electron chi connectivity index (χ3n) is 6.40. The van der Waals surface area contributed by atoms with Crippen LogP contribution in [0.25, 0.3) is 0 Å². The second-order valence-electron chi connectivity index (χ2n) is 10.3. The van der Waals surface area contributed by atoms with Crippen LogP contribution in [0.5, 0.6) is 11.6 Å². The summed E-state index contributed by atoms with van der Waals surface area (Å²) < 4.78 is 5.86. The standard InChI is InChI=1S/C23H30N4O3/c1-15(2)16-6-8-18(9-7-16)30-21-19(27(28)29)20(24-14-25-21)26-13-23(5)11-17(26)10-22(3,4)12-23/h6-9,14-15,17H,10-13H2,1-5H3. The Kier molecular flexibility index (Phi) is 4.95. The van der Waals surface area contributed by atoms with Crippen molar-refractivity contribution >= 4 is 11.5 Å². The van der Waals surface area contributed by atoms with Gasteiger partial charge in [0.1, 0.15) is 12.1 Å². The maximum absolute atomic E-state index is 12.1. The summed E-state index contributed by atoms with van der Waals surface area (Å²) in [5.74, 6) is 1.29. The fraction of sp³-hybridized carbons (Fsp3) is 0.565. The summed E-state index contributed by atoms with van der Waals surface area (Å²) in [5, 5.41) is 12.1. The molecule has 1 saturated heterocycles. The lowest BCUT2D eigenvalue weighted by Gasteiger charge is -2.39. The molecule has 7 nitrogen and oxygen atoms in total. The molecule has 1 aromatic heterocycles. The first-order valence-corrected chi connectivity index (χ1v) is 10.6. The number of hydrogen-bond acceptors (Lipinski definition) is 6. The highest BCUT2D eigenvalue weighted by atomic mass is 16.6. The van der Waals surface area contributed by atoms with Gasteiger partial charge in [-0.05, 0) is 53.7 Å². The van der Waals surface area contributed by atoms with E-state index >= 15 is 0 Å². The Labute approximate surface area is 177 Å².